The predicted molar refractivity (Wildman–Crippen MR) is 152 cm³/mol. The van der Waals surface area contributed by atoms with Gasteiger partial charge in [-0.2, -0.15) is 0 Å². The summed E-state index contributed by atoms with van der Waals surface area (Å²) < 4.78 is 28.5. The third-order valence-corrected chi connectivity index (χ3v) is 8.66. The van der Waals surface area contributed by atoms with Gasteiger partial charge in [-0.05, 0) is 69.3 Å². The molecule has 2 amide bonds. The molecule has 0 fully saturated rings. The van der Waals surface area contributed by atoms with Gasteiger partial charge in [0.15, 0.2) is 0 Å². The van der Waals surface area contributed by atoms with Gasteiger partial charge in [-0.3, -0.25) is 13.9 Å². The number of halogens is 3. The van der Waals surface area contributed by atoms with Crippen LogP contribution < -0.4 is 9.62 Å². The number of aryl methyl sites for hydroxylation is 1. The lowest BCUT2D eigenvalue weighted by atomic mass is 10.1. The van der Waals surface area contributed by atoms with Crippen LogP contribution in [0.15, 0.2) is 71.6 Å². The summed E-state index contributed by atoms with van der Waals surface area (Å²) in [6.07, 6.45) is 0. The summed E-state index contributed by atoms with van der Waals surface area (Å²) >= 11 is 18.7. The first-order valence-corrected chi connectivity index (χ1v) is 14.4. The highest BCUT2D eigenvalue weighted by Crippen LogP contribution is 2.28. The Morgan fingerprint density at radius 1 is 0.921 bits per heavy atom. The van der Waals surface area contributed by atoms with Gasteiger partial charge in [0.25, 0.3) is 10.0 Å². The molecule has 0 saturated carbocycles. The highest BCUT2D eigenvalue weighted by atomic mass is 35.5. The Bertz CT molecular complexity index is 1380. The number of rotatable bonds is 10. The molecule has 3 aromatic rings. The van der Waals surface area contributed by atoms with E-state index < -0.39 is 34.4 Å². The minimum atomic E-state index is -4.18. The molecule has 0 bridgehead atoms. The van der Waals surface area contributed by atoms with E-state index in [0.29, 0.717) is 32.9 Å². The van der Waals surface area contributed by atoms with Crippen molar-refractivity contribution in [3.05, 3.63) is 92.9 Å². The fourth-order valence-corrected chi connectivity index (χ4v) is 5.79. The van der Waals surface area contributed by atoms with Crippen LogP contribution in [-0.2, 0) is 26.2 Å². The fourth-order valence-electron chi connectivity index (χ4n) is 3.73. The first kappa shape index (κ1) is 29.8. The molecule has 0 saturated heterocycles. The Balaban J connectivity index is 2.06. The van der Waals surface area contributed by atoms with Crippen LogP contribution in [0, 0.1) is 6.92 Å². The van der Waals surface area contributed by atoms with Gasteiger partial charge in [0.1, 0.15) is 12.6 Å². The van der Waals surface area contributed by atoms with Crippen LogP contribution in [0.5, 0.6) is 0 Å². The summed E-state index contributed by atoms with van der Waals surface area (Å²) in [6, 6.07) is 16.4. The fraction of sp³-hybridized carbons (Fsp3) is 0.259. The van der Waals surface area contributed by atoms with Crippen LogP contribution in [0.4, 0.5) is 5.69 Å². The average molecular weight is 597 g/mol. The van der Waals surface area contributed by atoms with Gasteiger partial charge in [0, 0.05) is 33.7 Å². The monoisotopic (exact) mass is 595 g/mol. The predicted octanol–water partition coefficient (Wildman–Crippen LogP) is 5.70. The summed E-state index contributed by atoms with van der Waals surface area (Å²) in [5.74, 6) is -1.01. The molecule has 202 valence electrons. The van der Waals surface area contributed by atoms with Gasteiger partial charge in [-0.25, -0.2) is 8.42 Å². The van der Waals surface area contributed by atoms with Crippen LogP contribution >= 0.6 is 34.8 Å². The van der Waals surface area contributed by atoms with Crippen LogP contribution in [-0.4, -0.2) is 44.3 Å². The molecule has 1 atom stereocenters. The SMILES string of the molecule is CCNC(=O)[C@@H](C)N(Cc1c(Cl)cccc1Cl)C(=O)CN(c1ccc(C)cc1)S(=O)(=O)c1ccc(Cl)cc1. The molecule has 0 aliphatic carbocycles. The van der Waals surface area contributed by atoms with E-state index in [2.05, 4.69) is 5.32 Å². The van der Waals surface area contributed by atoms with Crippen LogP contribution in [0.1, 0.15) is 25.0 Å². The maximum atomic E-state index is 13.8. The van der Waals surface area contributed by atoms with E-state index in [-0.39, 0.29) is 11.4 Å². The summed E-state index contributed by atoms with van der Waals surface area (Å²) in [7, 11) is -4.18. The number of sulfonamides is 1. The average Bonchev–Trinajstić information content (AvgIpc) is 2.87. The number of anilines is 1. The molecule has 0 aliphatic heterocycles. The van der Waals surface area contributed by atoms with E-state index >= 15 is 0 Å². The second-order valence-electron chi connectivity index (χ2n) is 8.59. The first-order valence-electron chi connectivity index (χ1n) is 11.8. The minimum Gasteiger partial charge on any atom is -0.355 e. The van der Waals surface area contributed by atoms with Crippen LogP contribution in [0.3, 0.4) is 0 Å². The number of nitrogens with one attached hydrogen (secondary N) is 1. The van der Waals surface area contributed by atoms with Crippen molar-refractivity contribution in [1.82, 2.24) is 10.2 Å². The molecule has 38 heavy (non-hydrogen) atoms. The zero-order chi connectivity index (χ0) is 28.0. The Morgan fingerprint density at radius 2 is 1.50 bits per heavy atom. The number of nitrogens with zero attached hydrogens (tertiary/aromatic N) is 2. The molecule has 1 N–H and O–H groups in total. The largest absolute Gasteiger partial charge is 0.355 e. The van der Waals surface area contributed by atoms with E-state index in [1.807, 2.05) is 6.92 Å². The van der Waals surface area contributed by atoms with Gasteiger partial charge in [-0.1, -0.05) is 58.6 Å². The Morgan fingerprint density at radius 3 is 2.05 bits per heavy atom. The second-order valence-corrected chi connectivity index (χ2v) is 11.7. The number of hydrogen-bond acceptors (Lipinski definition) is 4. The zero-order valence-corrected chi connectivity index (χ0v) is 24.2. The molecule has 3 aromatic carbocycles. The molecule has 0 aliphatic rings. The van der Waals surface area contributed by atoms with Crippen molar-refractivity contribution >= 4 is 62.3 Å². The molecular formula is C27H28Cl3N3O4S. The molecule has 0 spiro atoms. The quantitative estimate of drug-likeness (QED) is 0.325. The summed E-state index contributed by atoms with van der Waals surface area (Å²) in [4.78, 5) is 27.9. The normalized spacial score (nSPS) is 12.1. The molecule has 11 heteroatoms. The number of carbonyl (C=O) groups is 2. The van der Waals surface area contributed by atoms with Crippen molar-refractivity contribution in [1.29, 1.82) is 0 Å². The second kappa shape index (κ2) is 12.8. The standard InChI is InChI=1S/C27H28Cl3N3O4S/c1-4-31-27(35)19(3)32(16-23-24(29)6-5-7-25(23)30)26(34)17-33(21-12-8-18(2)9-13-21)38(36,37)22-14-10-20(28)11-15-22/h5-15,19H,4,16-17H2,1-3H3,(H,31,35)/t19-/m1/s1. The first-order chi connectivity index (χ1) is 17.9. The lowest BCUT2D eigenvalue weighted by Crippen LogP contribution is -2.51. The van der Waals surface area contributed by atoms with Crippen LogP contribution in [0.25, 0.3) is 0 Å². The lowest BCUT2D eigenvalue weighted by molar-refractivity contribution is -0.139. The van der Waals surface area contributed by atoms with Gasteiger partial charge in [-0.15, -0.1) is 0 Å². The van der Waals surface area contributed by atoms with Gasteiger partial charge in [0.2, 0.25) is 11.8 Å². The maximum absolute atomic E-state index is 13.8. The molecule has 0 radical (unpaired) electrons. The number of hydrogen-bond donors (Lipinski definition) is 1. The Kier molecular flexibility index (Phi) is 10.1. The third-order valence-electron chi connectivity index (χ3n) is 5.91. The highest BCUT2D eigenvalue weighted by molar-refractivity contribution is 7.92. The Hall–Kier alpha value is -2.78. The highest BCUT2D eigenvalue weighted by Gasteiger charge is 2.33. The summed E-state index contributed by atoms with van der Waals surface area (Å²) in [6.45, 7) is 4.89. The number of benzene rings is 3. The van der Waals surface area contributed by atoms with Crippen molar-refractivity contribution in [2.45, 2.75) is 38.3 Å². The zero-order valence-electron chi connectivity index (χ0n) is 21.1. The number of likely N-dealkylation sites (N-methyl/N-ethyl adjacent to an activating group) is 1. The van der Waals surface area contributed by atoms with E-state index in [1.165, 1.54) is 29.2 Å². The minimum absolute atomic E-state index is 0.0345. The van der Waals surface area contributed by atoms with E-state index in [1.54, 1.807) is 56.3 Å². The third kappa shape index (κ3) is 6.99. The van der Waals surface area contributed by atoms with Gasteiger partial charge < -0.3 is 10.2 Å². The van der Waals surface area contributed by atoms with Crippen molar-refractivity contribution in [2.24, 2.45) is 0 Å². The van der Waals surface area contributed by atoms with E-state index in [9.17, 15) is 18.0 Å². The van der Waals surface area contributed by atoms with Gasteiger partial charge >= 0.3 is 0 Å². The molecule has 3 rings (SSSR count). The topological polar surface area (TPSA) is 86.8 Å². The van der Waals surface area contributed by atoms with Crippen molar-refractivity contribution in [3.8, 4) is 0 Å². The molecule has 0 unspecified atom stereocenters. The Labute approximate surface area is 238 Å². The summed E-state index contributed by atoms with van der Waals surface area (Å²) in [5.41, 5.74) is 1.66. The molecule has 0 heterocycles. The van der Waals surface area contributed by atoms with Crippen molar-refractivity contribution < 1.29 is 18.0 Å². The molecule has 0 aromatic heterocycles. The van der Waals surface area contributed by atoms with E-state index in [0.717, 1.165) is 9.87 Å². The van der Waals surface area contributed by atoms with Crippen LogP contribution in [0.2, 0.25) is 15.1 Å². The lowest BCUT2D eigenvalue weighted by Gasteiger charge is -2.32. The van der Waals surface area contributed by atoms with Crippen molar-refractivity contribution in [3.63, 3.8) is 0 Å². The number of amides is 2. The molecular weight excluding hydrogens is 569 g/mol. The van der Waals surface area contributed by atoms with E-state index in [4.69, 9.17) is 34.8 Å². The number of carbonyl (C=O) groups excluding carboxylic acids is 2. The summed E-state index contributed by atoms with van der Waals surface area (Å²) in [5, 5.41) is 3.72. The van der Waals surface area contributed by atoms with Crippen molar-refractivity contribution in [2.75, 3.05) is 17.4 Å². The maximum Gasteiger partial charge on any atom is 0.264 e. The molecule has 7 nitrogen and oxygen atoms in total. The van der Waals surface area contributed by atoms with Gasteiger partial charge in [0.05, 0.1) is 10.6 Å². The smallest absolute Gasteiger partial charge is 0.264 e.